The maximum absolute atomic E-state index is 11.9. The summed E-state index contributed by atoms with van der Waals surface area (Å²) in [5, 5.41) is 12.9. The van der Waals surface area contributed by atoms with Gasteiger partial charge in [-0.1, -0.05) is 72.2 Å². The Morgan fingerprint density at radius 3 is 2.39 bits per heavy atom. The van der Waals surface area contributed by atoms with Gasteiger partial charge in [0, 0.05) is 11.5 Å². The van der Waals surface area contributed by atoms with Gasteiger partial charge in [-0.05, 0) is 77.1 Å². The molecule has 2 unspecified atom stereocenters. The van der Waals surface area contributed by atoms with Crippen molar-refractivity contribution >= 4 is 23.4 Å². The zero-order valence-corrected chi connectivity index (χ0v) is 23.1. The molecule has 0 spiro atoms. The van der Waals surface area contributed by atoms with E-state index in [0.29, 0.717) is 28.9 Å². The Labute approximate surface area is 221 Å². The Bertz CT molecular complexity index is 1040. The zero-order chi connectivity index (χ0) is 26.3. The van der Waals surface area contributed by atoms with Gasteiger partial charge in [0.2, 0.25) is 0 Å². The lowest BCUT2D eigenvalue weighted by Crippen LogP contribution is -2.31. The lowest BCUT2D eigenvalue weighted by atomic mass is 9.98. The van der Waals surface area contributed by atoms with Crippen LogP contribution in [0.4, 0.5) is 5.69 Å². The number of allylic oxidation sites excluding steroid dienone is 5. The summed E-state index contributed by atoms with van der Waals surface area (Å²) in [7, 11) is 0. The van der Waals surface area contributed by atoms with Crippen molar-refractivity contribution < 1.29 is 14.6 Å². The summed E-state index contributed by atoms with van der Waals surface area (Å²) < 4.78 is 5.96. The highest BCUT2D eigenvalue weighted by molar-refractivity contribution is 7.99. The van der Waals surface area contributed by atoms with Crippen molar-refractivity contribution in [1.82, 2.24) is 0 Å². The molecule has 0 saturated heterocycles. The summed E-state index contributed by atoms with van der Waals surface area (Å²) in [5.74, 6) is 2.18. The summed E-state index contributed by atoms with van der Waals surface area (Å²) in [6.07, 6.45) is 10.1. The highest BCUT2D eigenvalue weighted by atomic mass is 32.2. The number of carboxylic acids is 1. The second-order valence-electron chi connectivity index (χ2n) is 9.55. The van der Waals surface area contributed by atoms with E-state index in [9.17, 15) is 9.90 Å². The van der Waals surface area contributed by atoms with Gasteiger partial charge < -0.3 is 15.2 Å². The lowest BCUT2D eigenvalue weighted by molar-refractivity contribution is -0.137. The molecule has 0 bridgehead atoms. The molecule has 5 heteroatoms. The molecule has 36 heavy (non-hydrogen) atoms. The van der Waals surface area contributed by atoms with E-state index in [1.807, 2.05) is 54.6 Å². The van der Waals surface area contributed by atoms with Crippen molar-refractivity contribution in [3.05, 3.63) is 89.5 Å². The summed E-state index contributed by atoms with van der Waals surface area (Å²) in [5.41, 5.74) is 4.82. The molecule has 0 saturated carbocycles. The molecule has 0 heterocycles. The van der Waals surface area contributed by atoms with Crippen LogP contribution >= 0.6 is 11.8 Å². The van der Waals surface area contributed by atoms with Crippen molar-refractivity contribution in [3.8, 4) is 11.5 Å². The zero-order valence-electron chi connectivity index (χ0n) is 22.3. The van der Waals surface area contributed by atoms with Gasteiger partial charge in [0.05, 0.1) is 5.69 Å². The number of carboxylic acid groups (broad SMARTS) is 1. The van der Waals surface area contributed by atoms with Crippen LogP contribution in [0.25, 0.3) is 0 Å². The van der Waals surface area contributed by atoms with Crippen molar-refractivity contribution in [2.24, 2.45) is 5.92 Å². The van der Waals surface area contributed by atoms with Crippen molar-refractivity contribution in [1.29, 1.82) is 0 Å². The quantitative estimate of drug-likeness (QED) is 0.186. The molecule has 0 radical (unpaired) electrons. The third kappa shape index (κ3) is 11.7. The number of hydrogen-bond acceptors (Lipinski definition) is 4. The normalized spacial score (nSPS) is 13.6. The van der Waals surface area contributed by atoms with Crippen LogP contribution in [0.5, 0.6) is 11.5 Å². The number of ether oxygens (including phenoxy) is 1. The van der Waals surface area contributed by atoms with Gasteiger partial charge in [0.15, 0.2) is 5.75 Å². The minimum absolute atomic E-state index is 0.456. The topological polar surface area (TPSA) is 58.6 Å². The molecular weight excluding hydrogens is 466 g/mol. The molecule has 2 atom stereocenters. The fourth-order valence-corrected chi connectivity index (χ4v) is 4.85. The highest BCUT2D eigenvalue weighted by Crippen LogP contribution is 2.30. The predicted molar refractivity (Wildman–Crippen MR) is 155 cm³/mol. The maximum Gasteiger partial charge on any atom is 0.326 e. The minimum atomic E-state index is -0.875. The van der Waals surface area contributed by atoms with Gasteiger partial charge >= 0.3 is 5.97 Å². The number of rotatable bonds is 15. The fraction of sp³-hybridized carbons (Fsp3) is 0.387. The molecule has 0 aliphatic carbocycles. The third-order valence-electron chi connectivity index (χ3n) is 5.62. The minimum Gasteiger partial charge on any atom is -0.480 e. The average molecular weight is 508 g/mol. The molecule has 2 N–H and O–H groups in total. The second-order valence-corrected chi connectivity index (χ2v) is 10.6. The molecule has 194 valence electrons. The van der Waals surface area contributed by atoms with Gasteiger partial charge in [0.1, 0.15) is 11.8 Å². The number of para-hydroxylation sites is 3. The number of hydrogen-bond donors (Lipinski definition) is 2. The van der Waals surface area contributed by atoms with Crippen LogP contribution in [-0.2, 0) is 4.79 Å². The lowest BCUT2D eigenvalue weighted by Gasteiger charge is -2.18. The van der Waals surface area contributed by atoms with Crippen molar-refractivity contribution in [2.75, 3.05) is 16.8 Å². The van der Waals surface area contributed by atoms with Crippen LogP contribution in [0, 0.1) is 5.92 Å². The van der Waals surface area contributed by atoms with Gasteiger partial charge in [-0.3, -0.25) is 0 Å². The van der Waals surface area contributed by atoms with Crippen LogP contribution in [0.15, 0.2) is 89.5 Å². The first-order valence-electron chi connectivity index (χ1n) is 12.6. The number of carbonyl (C=O) groups is 1. The van der Waals surface area contributed by atoms with E-state index in [4.69, 9.17) is 4.74 Å². The van der Waals surface area contributed by atoms with Crippen LogP contribution in [0.1, 0.15) is 53.9 Å². The second kappa shape index (κ2) is 15.9. The first-order valence-corrected chi connectivity index (χ1v) is 13.8. The first kappa shape index (κ1) is 29.3. The van der Waals surface area contributed by atoms with Gasteiger partial charge in [0.25, 0.3) is 0 Å². The molecule has 2 aromatic rings. The van der Waals surface area contributed by atoms with Crippen LogP contribution < -0.4 is 10.1 Å². The molecule has 2 rings (SSSR count). The number of benzene rings is 2. The molecule has 4 nitrogen and oxygen atoms in total. The van der Waals surface area contributed by atoms with E-state index < -0.39 is 12.0 Å². The van der Waals surface area contributed by atoms with Gasteiger partial charge in [-0.25, -0.2) is 4.79 Å². The first-order chi connectivity index (χ1) is 17.2. The summed E-state index contributed by atoms with van der Waals surface area (Å²) in [6, 6.07) is 16.2. The number of nitrogens with one attached hydrogen (secondary N) is 1. The largest absolute Gasteiger partial charge is 0.480 e. The fourth-order valence-electron chi connectivity index (χ4n) is 3.85. The Hall–Kier alpha value is -2.92. The van der Waals surface area contributed by atoms with E-state index in [-0.39, 0.29) is 0 Å². The number of anilines is 1. The molecule has 0 aliphatic rings. The van der Waals surface area contributed by atoms with Gasteiger partial charge in [-0.15, -0.1) is 0 Å². The van der Waals surface area contributed by atoms with E-state index >= 15 is 0 Å². The van der Waals surface area contributed by atoms with E-state index in [0.717, 1.165) is 25.0 Å². The van der Waals surface area contributed by atoms with Crippen LogP contribution in [0.3, 0.4) is 0 Å². The van der Waals surface area contributed by atoms with E-state index in [1.165, 1.54) is 16.7 Å². The number of thioether (sulfide) groups is 1. The Kier molecular flexibility index (Phi) is 13.0. The van der Waals surface area contributed by atoms with Crippen LogP contribution in [0.2, 0.25) is 0 Å². The predicted octanol–water partition coefficient (Wildman–Crippen LogP) is 8.74. The van der Waals surface area contributed by atoms with Crippen molar-refractivity contribution in [3.63, 3.8) is 0 Å². The highest BCUT2D eigenvalue weighted by Gasteiger charge is 2.19. The monoisotopic (exact) mass is 507 g/mol. The molecule has 0 aliphatic heterocycles. The Morgan fingerprint density at radius 2 is 1.69 bits per heavy atom. The van der Waals surface area contributed by atoms with Gasteiger partial charge in [-0.2, -0.15) is 11.8 Å². The summed E-state index contributed by atoms with van der Waals surface area (Å²) in [4.78, 5) is 11.9. The number of aliphatic carboxylic acids is 1. The summed E-state index contributed by atoms with van der Waals surface area (Å²) >= 11 is 1.62. The SMILES string of the molecule is CC(C)=CCC/C(C)=C/C(C)C/C(C)=C/CSCC(Nc1ccccc1Oc1ccccc1)C(=O)O. The Morgan fingerprint density at radius 1 is 1.00 bits per heavy atom. The molecule has 0 amide bonds. The smallest absolute Gasteiger partial charge is 0.326 e. The van der Waals surface area contributed by atoms with Crippen molar-refractivity contribution in [2.45, 2.75) is 59.9 Å². The third-order valence-corrected chi connectivity index (χ3v) is 6.60. The Balaban J connectivity index is 1.86. The molecule has 0 fully saturated rings. The molecule has 2 aromatic carbocycles. The standard InChI is InChI=1S/C31H41NO3S/c1-23(2)12-11-13-24(3)20-26(5)21-25(4)18-19-36-22-29(31(33)34)32-28-16-9-10-17-30(28)35-27-14-7-6-8-15-27/h6-10,12,14-18,20,26,29,32H,11,13,19,21-22H2,1-5H3,(H,33,34)/b24-20+,25-18+. The summed E-state index contributed by atoms with van der Waals surface area (Å²) in [6.45, 7) is 10.9. The van der Waals surface area contributed by atoms with Crippen LogP contribution in [-0.4, -0.2) is 28.6 Å². The van der Waals surface area contributed by atoms with E-state index in [2.05, 4.69) is 58.2 Å². The average Bonchev–Trinajstić information content (AvgIpc) is 2.82. The molecule has 0 aromatic heterocycles. The maximum atomic E-state index is 11.9. The molecular formula is C31H41NO3S. The van der Waals surface area contributed by atoms with E-state index in [1.54, 1.807) is 11.8 Å².